The fraction of sp³-hybridized carbons (Fsp3) is 0.300. The molecule has 0 aromatic heterocycles. The number of ketones is 1. The van der Waals surface area contributed by atoms with Crippen molar-refractivity contribution in [3.63, 3.8) is 0 Å². The molecule has 4 rings (SSSR count). The Kier molecular flexibility index (Phi) is 7.69. The highest BCUT2D eigenvalue weighted by Crippen LogP contribution is 2.30. The second-order valence-electron chi connectivity index (χ2n) is 10.2. The predicted octanol–water partition coefficient (Wildman–Crippen LogP) is 6.60. The largest absolute Gasteiger partial charge is 0.457 e. The van der Waals surface area contributed by atoms with Crippen LogP contribution >= 0.6 is 11.6 Å². The summed E-state index contributed by atoms with van der Waals surface area (Å²) in [6, 6.07) is 21.5. The van der Waals surface area contributed by atoms with Gasteiger partial charge in [0.2, 0.25) is 11.7 Å². The molecule has 1 fully saturated rings. The maximum absolute atomic E-state index is 12.7. The lowest BCUT2D eigenvalue weighted by Crippen LogP contribution is -2.30. The summed E-state index contributed by atoms with van der Waals surface area (Å²) < 4.78 is 11.3. The maximum atomic E-state index is 12.7. The Labute approximate surface area is 222 Å². The standard InChI is InChI=1S/C30H30ClNO5/c1-19(28(34)20-5-9-23(31)10-6-20)36-29(35)21-17-27(33)32(18-21)24-11-15-26(16-12-24)37-25-13-7-22(8-14-25)30(2,3)4/h5-16,19,21H,17-18H2,1-4H3/t19-,21+/m0/s1. The van der Waals surface area contributed by atoms with E-state index in [0.29, 0.717) is 22.0 Å². The molecule has 6 nitrogen and oxygen atoms in total. The Morgan fingerprint density at radius 3 is 2.05 bits per heavy atom. The predicted molar refractivity (Wildman–Crippen MR) is 143 cm³/mol. The van der Waals surface area contributed by atoms with Gasteiger partial charge in [0.1, 0.15) is 11.5 Å². The number of carbonyl (C=O) groups excluding carboxylic acids is 3. The summed E-state index contributed by atoms with van der Waals surface area (Å²) in [7, 11) is 0. The average Bonchev–Trinajstić information content (AvgIpc) is 3.26. The van der Waals surface area contributed by atoms with Gasteiger partial charge in [0, 0.05) is 29.2 Å². The Hall–Kier alpha value is -3.64. The summed E-state index contributed by atoms with van der Waals surface area (Å²) in [6.07, 6.45) is -0.939. The van der Waals surface area contributed by atoms with E-state index in [1.807, 2.05) is 12.1 Å². The van der Waals surface area contributed by atoms with Crippen molar-refractivity contribution in [1.29, 1.82) is 0 Å². The molecule has 1 aliphatic rings. The molecule has 0 radical (unpaired) electrons. The minimum atomic E-state index is -0.966. The van der Waals surface area contributed by atoms with E-state index in [9.17, 15) is 14.4 Å². The van der Waals surface area contributed by atoms with E-state index in [-0.39, 0.29) is 30.1 Å². The molecule has 1 heterocycles. The SMILES string of the molecule is C[C@H](OC(=O)[C@@H]1CC(=O)N(c2ccc(Oc3ccc(C(C)(C)C)cc3)cc2)C1)C(=O)c1ccc(Cl)cc1. The second kappa shape index (κ2) is 10.8. The first-order chi connectivity index (χ1) is 17.5. The summed E-state index contributed by atoms with van der Waals surface area (Å²) in [5.41, 5.74) is 2.36. The molecule has 3 aromatic carbocycles. The van der Waals surface area contributed by atoms with Gasteiger partial charge in [-0.1, -0.05) is 44.5 Å². The van der Waals surface area contributed by atoms with Crippen LogP contribution < -0.4 is 9.64 Å². The van der Waals surface area contributed by atoms with Crippen molar-refractivity contribution in [1.82, 2.24) is 0 Å². The Morgan fingerprint density at radius 2 is 1.49 bits per heavy atom. The fourth-order valence-corrected chi connectivity index (χ4v) is 4.27. The van der Waals surface area contributed by atoms with Gasteiger partial charge in [0.25, 0.3) is 0 Å². The lowest BCUT2D eigenvalue weighted by atomic mass is 9.87. The van der Waals surface area contributed by atoms with Crippen LogP contribution in [-0.2, 0) is 19.7 Å². The third-order valence-electron chi connectivity index (χ3n) is 6.35. The number of amides is 1. The molecule has 37 heavy (non-hydrogen) atoms. The summed E-state index contributed by atoms with van der Waals surface area (Å²) in [6.45, 7) is 8.19. The van der Waals surface area contributed by atoms with Crippen molar-refractivity contribution in [2.75, 3.05) is 11.4 Å². The Balaban J connectivity index is 1.34. The van der Waals surface area contributed by atoms with Crippen LogP contribution in [0.2, 0.25) is 5.02 Å². The van der Waals surface area contributed by atoms with Crippen molar-refractivity contribution >= 4 is 34.9 Å². The highest BCUT2D eigenvalue weighted by molar-refractivity contribution is 6.30. The summed E-state index contributed by atoms with van der Waals surface area (Å²) in [5, 5.41) is 0.514. The summed E-state index contributed by atoms with van der Waals surface area (Å²) in [4.78, 5) is 39.5. The Bertz CT molecular complexity index is 1280. The van der Waals surface area contributed by atoms with Crippen LogP contribution in [0.1, 0.15) is 50.0 Å². The minimum Gasteiger partial charge on any atom is -0.457 e. The van der Waals surface area contributed by atoms with Crippen molar-refractivity contribution in [2.45, 2.75) is 45.6 Å². The monoisotopic (exact) mass is 519 g/mol. The zero-order valence-electron chi connectivity index (χ0n) is 21.4. The van der Waals surface area contributed by atoms with Crippen molar-refractivity contribution in [3.05, 3.63) is 88.9 Å². The van der Waals surface area contributed by atoms with Crippen LogP contribution in [0.25, 0.3) is 0 Å². The number of esters is 1. The molecule has 2 atom stereocenters. The molecule has 0 unspecified atom stereocenters. The number of benzene rings is 3. The fourth-order valence-electron chi connectivity index (χ4n) is 4.14. The molecule has 1 saturated heterocycles. The van der Waals surface area contributed by atoms with Crippen LogP contribution in [0, 0.1) is 5.92 Å². The lowest BCUT2D eigenvalue weighted by molar-refractivity contribution is -0.151. The molecule has 0 N–H and O–H groups in total. The zero-order valence-corrected chi connectivity index (χ0v) is 22.1. The number of hydrogen-bond acceptors (Lipinski definition) is 5. The molecule has 0 aliphatic carbocycles. The molecular weight excluding hydrogens is 490 g/mol. The van der Waals surface area contributed by atoms with Crippen molar-refractivity contribution in [2.24, 2.45) is 5.92 Å². The minimum absolute atomic E-state index is 0.0269. The van der Waals surface area contributed by atoms with E-state index in [0.717, 1.165) is 5.75 Å². The first-order valence-electron chi connectivity index (χ1n) is 12.2. The third-order valence-corrected chi connectivity index (χ3v) is 6.61. The van der Waals surface area contributed by atoms with Gasteiger partial charge in [-0.3, -0.25) is 14.4 Å². The van der Waals surface area contributed by atoms with E-state index in [1.54, 1.807) is 53.4 Å². The van der Waals surface area contributed by atoms with Crippen LogP contribution in [0.5, 0.6) is 11.5 Å². The van der Waals surface area contributed by atoms with Crippen LogP contribution in [0.4, 0.5) is 5.69 Å². The number of rotatable bonds is 7. The van der Waals surface area contributed by atoms with Crippen LogP contribution in [-0.4, -0.2) is 30.3 Å². The topological polar surface area (TPSA) is 72.9 Å². The van der Waals surface area contributed by atoms with E-state index < -0.39 is 18.0 Å². The number of anilines is 1. The number of halogens is 1. The molecule has 0 saturated carbocycles. The average molecular weight is 520 g/mol. The molecule has 7 heteroatoms. The van der Waals surface area contributed by atoms with Gasteiger partial charge >= 0.3 is 5.97 Å². The van der Waals surface area contributed by atoms with E-state index in [4.69, 9.17) is 21.1 Å². The normalized spacial score (nSPS) is 16.4. The Morgan fingerprint density at radius 1 is 0.919 bits per heavy atom. The zero-order chi connectivity index (χ0) is 26.7. The second-order valence-corrected chi connectivity index (χ2v) is 10.7. The van der Waals surface area contributed by atoms with Gasteiger partial charge in [0.05, 0.1) is 5.92 Å². The van der Waals surface area contributed by atoms with E-state index in [2.05, 4.69) is 32.9 Å². The summed E-state index contributed by atoms with van der Waals surface area (Å²) in [5.74, 6) is -0.345. The van der Waals surface area contributed by atoms with Gasteiger partial charge in [-0.05, 0) is 78.6 Å². The number of hydrogen-bond donors (Lipinski definition) is 0. The third kappa shape index (κ3) is 6.38. The molecule has 1 amide bonds. The summed E-state index contributed by atoms with van der Waals surface area (Å²) >= 11 is 5.87. The quantitative estimate of drug-likeness (QED) is 0.260. The van der Waals surface area contributed by atoms with Crippen molar-refractivity contribution < 1.29 is 23.9 Å². The first-order valence-corrected chi connectivity index (χ1v) is 12.6. The smallest absolute Gasteiger partial charge is 0.312 e. The van der Waals surface area contributed by atoms with E-state index in [1.165, 1.54) is 12.5 Å². The van der Waals surface area contributed by atoms with Gasteiger partial charge in [-0.25, -0.2) is 0 Å². The molecule has 192 valence electrons. The van der Waals surface area contributed by atoms with Crippen LogP contribution in [0.3, 0.4) is 0 Å². The van der Waals surface area contributed by atoms with Gasteiger partial charge in [0.15, 0.2) is 6.10 Å². The lowest BCUT2D eigenvalue weighted by Gasteiger charge is -2.19. The molecule has 1 aliphatic heterocycles. The molecule has 0 spiro atoms. The van der Waals surface area contributed by atoms with Gasteiger partial charge in [-0.15, -0.1) is 0 Å². The molecule has 3 aromatic rings. The van der Waals surface area contributed by atoms with Crippen LogP contribution in [0.15, 0.2) is 72.8 Å². The number of ether oxygens (including phenoxy) is 2. The highest BCUT2D eigenvalue weighted by atomic mass is 35.5. The first kappa shape index (κ1) is 26.4. The number of Topliss-reactive ketones (excluding diaryl/α,β-unsaturated/α-hetero) is 1. The number of carbonyl (C=O) groups is 3. The van der Waals surface area contributed by atoms with Crippen molar-refractivity contribution in [3.8, 4) is 11.5 Å². The van der Waals surface area contributed by atoms with Gasteiger partial charge < -0.3 is 14.4 Å². The number of nitrogens with zero attached hydrogens (tertiary/aromatic N) is 1. The highest BCUT2D eigenvalue weighted by Gasteiger charge is 2.37. The molecule has 0 bridgehead atoms. The van der Waals surface area contributed by atoms with E-state index >= 15 is 0 Å². The maximum Gasteiger partial charge on any atom is 0.312 e. The van der Waals surface area contributed by atoms with Gasteiger partial charge in [-0.2, -0.15) is 0 Å². The molecular formula is C30H30ClNO5.